The van der Waals surface area contributed by atoms with Crippen molar-refractivity contribution < 1.29 is 28.5 Å². The second-order valence-electron chi connectivity index (χ2n) is 10.5. The number of nitrogens with zero attached hydrogens (tertiary/aromatic N) is 2. The Morgan fingerprint density at radius 1 is 1.02 bits per heavy atom. The summed E-state index contributed by atoms with van der Waals surface area (Å²) in [5, 5.41) is 6.25. The Labute approximate surface area is 254 Å². The van der Waals surface area contributed by atoms with Gasteiger partial charge in [0.25, 0.3) is 0 Å². The van der Waals surface area contributed by atoms with Gasteiger partial charge in [-0.25, -0.2) is 4.98 Å². The molecular formula is C33H44N4O6. The number of amides is 1. The summed E-state index contributed by atoms with van der Waals surface area (Å²) in [4.78, 5) is 19.9. The Kier molecular flexibility index (Phi) is 13.0. The van der Waals surface area contributed by atoms with Crippen LogP contribution >= 0.6 is 0 Å². The molecule has 1 aliphatic rings. The van der Waals surface area contributed by atoms with Gasteiger partial charge in [0.2, 0.25) is 11.8 Å². The number of ether oxygens (including phenoxy) is 5. The van der Waals surface area contributed by atoms with Gasteiger partial charge >= 0.3 is 0 Å². The Hall–Kier alpha value is -3.73. The van der Waals surface area contributed by atoms with E-state index in [1.54, 1.807) is 13.3 Å². The summed E-state index contributed by atoms with van der Waals surface area (Å²) in [6, 6.07) is 16.2. The third-order valence-corrected chi connectivity index (χ3v) is 7.25. The normalized spacial score (nSPS) is 16.4. The molecule has 2 unspecified atom stereocenters. The van der Waals surface area contributed by atoms with E-state index in [1.165, 1.54) is 12.5 Å². The van der Waals surface area contributed by atoms with E-state index in [1.807, 2.05) is 43.3 Å². The summed E-state index contributed by atoms with van der Waals surface area (Å²) >= 11 is 0. The molecule has 0 bridgehead atoms. The summed E-state index contributed by atoms with van der Waals surface area (Å²) < 4.78 is 29.4. The van der Waals surface area contributed by atoms with E-state index >= 15 is 0 Å². The first-order chi connectivity index (χ1) is 21.0. The van der Waals surface area contributed by atoms with Crippen molar-refractivity contribution in [2.45, 2.75) is 51.7 Å². The van der Waals surface area contributed by atoms with Gasteiger partial charge in [-0.1, -0.05) is 30.3 Å². The van der Waals surface area contributed by atoms with Gasteiger partial charge in [0.1, 0.15) is 23.9 Å². The molecule has 0 radical (unpaired) electrons. The average molecular weight is 593 g/mol. The number of aromatic nitrogens is 2. The van der Waals surface area contributed by atoms with E-state index in [0.717, 1.165) is 48.6 Å². The number of aryl methyl sites for hydroxylation is 1. The zero-order valence-electron chi connectivity index (χ0n) is 25.5. The van der Waals surface area contributed by atoms with Gasteiger partial charge in [-0.3, -0.25) is 4.79 Å². The van der Waals surface area contributed by atoms with Gasteiger partial charge in [0.05, 0.1) is 39.6 Å². The number of methoxy groups -OCH3 is 1. The highest BCUT2D eigenvalue weighted by atomic mass is 16.5. The fourth-order valence-electron chi connectivity index (χ4n) is 5.03. The number of carbonyl (C=O) groups excluding carboxylic acids is 1. The second kappa shape index (κ2) is 17.4. The Balaban J connectivity index is 1.18. The van der Waals surface area contributed by atoms with Gasteiger partial charge < -0.3 is 34.3 Å². The maximum Gasteiger partial charge on any atom is 0.220 e. The zero-order chi connectivity index (χ0) is 30.3. The molecular weight excluding hydrogens is 548 g/mol. The van der Waals surface area contributed by atoms with E-state index in [9.17, 15) is 4.79 Å². The summed E-state index contributed by atoms with van der Waals surface area (Å²) in [5.74, 6) is 3.09. The molecule has 2 N–H and O–H groups in total. The van der Waals surface area contributed by atoms with Gasteiger partial charge in [-0.2, -0.15) is 4.98 Å². The van der Waals surface area contributed by atoms with Crippen LogP contribution in [0.1, 0.15) is 48.2 Å². The summed E-state index contributed by atoms with van der Waals surface area (Å²) in [7, 11) is 1.67. The van der Waals surface area contributed by atoms with Crippen molar-refractivity contribution in [1.82, 2.24) is 20.6 Å². The van der Waals surface area contributed by atoms with Gasteiger partial charge in [-0.05, 0) is 50.1 Å². The number of rotatable bonds is 17. The van der Waals surface area contributed by atoms with Crippen molar-refractivity contribution in [2.75, 3.05) is 53.2 Å². The summed E-state index contributed by atoms with van der Waals surface area (Å²) in [6.07, 6.45) is 4.19. The maximum atomic E-state index is 11.2. The predicted octanol–water partition coefficient (Wildman–Crippen LogP) is 4.00. The molecule has 1 fully saturated rings. The van der Waals surface area contributed by atoms with E-state index in [2.05, 4.69) is 32.7 Å². The molecule has 1 amide bonds. The van der Waals surface area contributed by atoms with Crippen LogP contribution in [-0.2, 0) is 27.3 Å². The minimum atomic E-state index is -0.0658. The van der Waals surface area contributed by atoms with Crippen LogP contribution in [0.3, 0.4) is 0 Å². The molecule has 10 heteroatoms. The Morgan fingerprint density at radius 3 is 2.67 bits per heavy atom. The van der Waals surface area contributed by atoms with Crippen LogP contribution in [-0.4, -0.2) is 75.2 Å². The highest BCUT2D eigenvalue weighted by Crippen LogP contribution is 2.29. The fraction of sp³-hybridized carbons (Fsp3) is 0.485. The molecule has 1 saturated heterocycles. The number of hydrogen-bond acceptors (Lipinski definition) is 9. The lowest BCUT2D eigenvalue weighted by Crippen LogP contribution is -2.41. The number of para-hydroxylation sites is 1. The standard InChI is InChI=1S/C33H44N4O6/c1-24-36-21-27(13-16-35-25(2)38)33(37-24)43-20-19-42-32-22-34-15-14-30(32)26-9-11-29(12-10-26)41-18-6-17-40-23-28-7-4-5-8-31(28)39-3/h4-5,7-12,21,30,32,34H,6,13-20,22-23H2,1-3H3,(H,35,38). The van der Waals surface area contributed by atoms with E-state index in [4.69, 9.17) is 23.7 Å². The second-order valence-corrected chi connectivity index (χ2v) is 10.5. The number of carbonyl (C=O) groups is 1. The fourth-order valence-corrected chi connectivity index (χ4v) is 5.03. The van der Waals surface area contributed by atoms with Crippen molar-refractivity contribution in [1.29, 1.82) is 0 Å². The highest BCUT2D eigenvalue weighted by molar-refractivity contribution is 5.72. The highest BCUT2D eigenvalue weighted by Gasteiger charge is 2.27. The molecule has 0 spiro atoms. The van der Waals surface area contributed by atoms with Crippen molar-refractivity contribution in [2.24, 2.45) is 0 Å². The van der Waals surface area contributed by atoms with E-state index in [0.29, 0.717) is 57.7 Å². The average Bonchev–Trinajstić information content (AvgIpc) is 3.02. The van der Waals surface area contributed by atoms with Crippen LogP contribution in [0, 0.1) is 6.92 Å². The molecule has 2 aromatic carbocycles. The summed E-state index contributed by atoms with van der Waals surface area (Å²) in [5.41, 5.74) is 3.14. The van der Waals surface area contributed by atoms with Crippen molar-refractivity contribution >= 4 is 5.91 Å². The largest absolute Gasteiger partial charge is 0.496 e. The molecule has 3 aromatic rings. The number of nitrogens with one attached hydrogen (secondary N) is 2. The van der Waals surface area contributed by atoms with Crippen LogP contribution in [0.5, 0.6) is 17.4 Å². The number of piperidine rings is 1. The quantitative estimate of drug-likeness (QED) is 0.225. The molecule has 10 nitrogen and oxygen atoms in total. The number of hydrogen-bond donors (Lipinski definition) is 2. The van der Waals surface area contributed by atoms with Crippen LogP contribution in [0.25, 0.3) is 0 Å². The van der Waals surface area contributed by atoms with Gasteiger partial charge in [0.15, 0.2) is 0 Å². The first-order valence-corrected chi connectivity index (χ1v) is 15.0. The zero-order valence-corrected chi connectivity index (χ0v) is 25.5. The van der Waals surface area contributed by atoms with Gasteiger partial charge in [0, 0.05) is 49.7 Å². The first kappa shape index (κ1) is 32.2. The maximum absolute atomic E-state index is 11.2. The molecule has 1 aromatic heterocycles. The minimum Gasteiger partial charge on any atom is -0.496 e. The van der Waals surface area contributed by atoms with Crippen molar-refractivity contribution in [3.05, 3.63) is 77.2 Å². The van der Waals surface area contributed by atoms with Crippen molar-refractivity contribution in [3.8, 4) is 17.4 Å². The van der Waals surface area contributed by atoms with Gasteiger partial charge in [-0.15, -0.1) is 0 Å². The van der Waals surface area contributed by atoms with Crippen LogP contribution in [0.2, 0.25) is 0 Å². The lowest BCUT2D eigenvalue weighted by atomic mass is 9.88. The topological polar surface area (TPSA) is 113 Å². The Morgan fingerprint density at radius 2 is 1.86 bits per heavy atom. The molecule has 1 aliphatic heterocycles. The first-order valence-electron chi connectivity index (χ1n) is 15.0. The van der Waals surface area contributed by atoms with Crippen LogP contribution in [0.4, 0.5) is 0 Å². The number of benzene rings is 2. The SMILES string of the molecule is COc1ccccc1COCCCOc1ccc(C2CCNCC2OCCOc2nc(C)ncc2CCNC(C)=O)cc1. The third-order valence-electron chi connectivity index (χ3n) is 7.25. The monoisotopic (exact) mass is 592 g/mol. The Bertz CT molecular complexity index is 1270. The van der Waals surface area contributed by atoms with Crippen molar-refractivity contribution in [3.63, 3.8) is 0 Å². The minimum absolute atomic E-state index is 0.0379. The molecule has 0 aliphatic carbocycles. The molecule has 43 heavy (non-hydrogen) atoms. The molecule has 0 saturated carbocycles. The lowest BCUT2D eigenvalue weighted by Gasteiger charge is -2.32. The molecule has 232 valence electrons. The van der Waals surface area contributed by atoms with E-state index in [-0.39, 0.29) is 17.9 Å². The lowest BCUT2D eigenvalue weighted by molar-refractivity contribution is -0.118. The van der Waals surface area contributed by atoms with Crippen LogP contribution < -0.4 is 24.8 Å². The molecule has 4 rings (SSSR count). The molecule has 2 heterocycles. The van der Waals surface area contributed by atoms with Crippen LogP contribution in [0.15, 0.2) is 54.7 Å². The predicted molar refractivity (Wildman–Crippen MR) is 164 cm³/mol. The van der Waals surface area contributed by atoms with E-state index < -0.39 is 0 Å². The summed E-state index contributed by atoms with van der Waals surface area (Å²) in [6.45, 7) is 8.11. The smallest absolute Gasteiger partial charge is 0.220 e. The third kappa shape index (κ3) is 10.5. The molecule has 2 atom stereocenters.